The Bertz CT molecular complexity index is 674. The van der Waals surface area contributed by atoms with Gasteiger partial charge in [0.2, 0.25) is 17.7 Å². The van der Waals surface area contributed by atoms with E-state index in [9.17, 15) is 24.3 Å². The summed E-state index contributed by atoms with van der Waals surface area (Å²) >= 11 is 3.88. The Balaban J connectivity index is 5.31. The third-order valence-corrected chi connectivity index (χ3v) is 5.12. The van der Waals surface area contributed by atoms with E-state index in [1.165, 1.54) is 0 Å². The number of aliphatic hydroxyl groups excluding tert-OH is 1. The quantitative estimate of drug-likeness (QED) is 0.0501. The van der Waals surface area contributed by atoms with E-state index in [-0.39, 0.29) is 37.0 Å². The van der Waals surface area contributed by atoms with Gasteiger partial charge in [0.15, 0.2) is 5.96 Å². The number of thiol groups is 1. The molecule has 184 valence electrons. The summed E-state index contributed by atoms with van der Waals surface area (Å²) in [5, 5.41) is 25.7. The summed E-state index contributed by atoms with van der Waals surface area (Å²) in [6.45, 7) is 3.06. The molecule has 0 bridgehead atoms. The van der Waals surface area contributed by atoms with E-state index in [2.05, 4.69) is 33.6 Å². The molecule has 0 aromatic rings. The number of rotatable bonds is 15. The van der Waals surface area contributed by atoms with E-state index in [0.717, 1.165) is 0 Å². The zero-order valence-electron chi connectivity index (χ0n) is 18.3. The molecular formula is C18H35N7O6S. The number of carboxylic acid groups (broad SMARTS) is 1. The second kappa shape index (κ2) is 15.3. The molecule has 0 spiro atoms. The van der Waals surface area contributed by atoms with Crippen molar-refractivity contribution < 1.29 is 29.4 Å². The molecule has 0 aromatic carbocycles. The summed E-state index contributed by atoms with van der Waals surface area (Å²) in [6, 6.07) is -4.68. The minimum atomic E-state index is -1.36. The van der Waals surface area contributed by atoms with Gasteiger partial charge in [0.1, 0.15) is 18.1 Å². The molecular weight excluding hydrogens is 442 g/mol. The number of aliphatic imine (C=N–C) groups is 1. The van der Waals surface area contributed by atoms with Crippen molar-refractivity contribution in [2.75, 3.05) is 18.9 Å². The number of aliphatic hydroxyl groups is 1. The molecule has 0 rings (SSSR count). The highest BCUT2D eigenvalue weighted by Crippen LogP contribution is 2.06. The minimum absolute atomic E-state index is 0.0613. The van der Waals surface area contributed by atoms with Crippen molar-refractivity contribution in [3.63, 3.8) is 0 Å². The number of amides is 3. The average Bonchev–Trinajstić information content (AvgIpc) is 2.75. The number of guanidine groups is 1. The maximum Gasteiger partial charge on any atom is 0.327 e. The Morgan fingerprint density at radius 1 is 1.00 bits per heavy atom. The number of carbonyl (C=O) groups is 4. The predicted molar refractivity (Wildman–Crippen MR) is 122 cm³/mol. The van der Waals surface area contributed by atoms with Crippen LogP contribution in [-0.4, -0.2) is 82.9 Å². The number of nitrogens with two attached hydrogens (primary N) is 3. The third-order valence-electron chi connectivity index (χ3n) is 4.75. The summed E-state index contributed by atoms with van der Waals surface area (Å²) in [4.78, 5) is 52.4. The van der Waals surface area contributed by atoms with E-state index < -0.39 is 54.5 Å². The lowest BCUT2D eigenvalue weighted by atomic mass is 9.99. The van der Waals surface area contributed by atoms with Gasteiger partial charge in [-0.05, 0) is 18.8 Å². The second-order valence-electron chi connectivity index (χ2n) is 7.25. The van der Waals surface area contributed by atoms with Gasteiger partial charge in [0.05, 0.1) is 12.6 Å². The van der Waals surface area contributed by atoms with Crippen LogP contribution < -0.4 is 33.2 Å². The fourth-order valence-corrected chi connectivity index (χ4v) is 2.72. The Kier molecular flexibility index (Phi) is 14.0. The summed E-state index contributed by atoms with van der Waals surface area (Å²) in [6.07, 6.45) is 0.980. The van der Waals surface area contributed by atoms with Crippen LogP contribution in [-0.2, 0) is 19.2 Å². The number of carbonyl (C=O) groups excluding carboxylic acids is 3. The van der Waals surface area contributed by atoms with Crippen LogP contribution in [0.4, 0.5) is 0 Å². The molecule has 0 aromatic heterocycles. The Morgan fingerprint density at radius 2 is 1.53 bits per heavy atom. The standard InChI is InChI=1S/C18H35N7O6S/c1-3-9(2)13(19)16(29)24-11(7-26)15(28)23-10(5-4-6-22-18(20)21)14(27)25-12(8-32)17(30)31/h9-13,26,32H,3-8,19H2,1-2H3,(H,23,28)(H,24,29)(H,25,27)(H,30,31)(H4,20,21,22). The Morgan fingerprint density at radius 3 is 2.00 bits per heavy atom. The lowest BCUT2D eigenvalue weighted by molar-refractivity contribution is -0.141. The molecule has 0 saturated heterocycles. The molecule has 5 unspecified atom stereocenters. The maximum atomic E-state index is 12.6. The maximum absolute atomic E-state index is 12.6. The molecule has 0 saturated carbocycles. The van der Waals surface area contributed by atoms with Crippen molar-refractivity contribution in [2.24, 2.45) is 28.1 Å². The number of hydrogen-bond donors (Lipinski definition) is 9. The van der Waals surface area contributed by atoms with Crippen LogP contribution >= 0.6 is 12.6 Å². The summed E-state index contributed by atoms with van der Waals surface area (Å²) in [7, 11) is 0. The first-order valence-electron chi connectivity index (χ1n) is 10.1. The third kappa shape index (κ3) is 10.6. The van der Waals surface area contributed by atoms with Gasteiger partial charge in [-0.15, -0.1) is 0 Å². The number of carboxylic acids is 1. The minimum Gasteiger partial charge on any atom is -0.480 e. The molecule has 0 aliphatic carbocycles. The van der Waals surface area contributed by atoms with Crippen molar-refractivity contribution in [2.45, 2.75) is 57.3 Å². The molecule has 0 fully saturated rings. The summed E-state index contributed by atoms with van der Waals surface area (Å²) < 4.78 is 0. The molecule has 0 heterocycles. The zero-order valence-corrected chi connectivity index (χ0v) is 19.2. The number of hydrogen-bond acceptors (Lipinski definition) is 8. The van der Waals surface area contributed by atoms with Crippen LogP contribution in [0.1, 0.15) is 33.1 Å². The summed E-state index contributed by atoms with van der Waals surface area (Å²) in [5.74, 6) is -3.99. The van der Waals surface area contributed by atoms with E-state index >= 15 is 0 Å². The molecule has 0 aliphatic heterocycles. The van der Waals surface area contributed by atoms with Gasteiger partial charge < -0.3 is 43.4 Å². The SMILES string of the molecule is CCC(C)C(N)C(=O)NC(CO)C(=O)NC(CCCN=C(N)N)C(=O)NC(CS)C(=O)O. The fourth-order valence-electron chi connectivity index (χ4n) is 2.48. The lowest BCUT2D eigenvalue weighted by Crippen LogP contribution is -2.58. The van der Waals surface area contributed by atoms with E-state index in [1.54, 1.807) is 6.92 Å². The highest BCUT2D eigenvalue weighted by atomic mass is 32.1. The first kappa shape index (κ1) is 29.4. The molecule has 32 heavy (non-hydrogen) atoms. The van der Waals surface area contributed by atoms with Crippen molar-refractivity contribution in [1.82, 2.24) is 16.0 Å². The number of nitrogens with zero attached hydrogens (tertiary/aromatic N) is 1. The van der Waals surface area contributed by atoms with Gasteiger partial charge in [0.25, 0.3) is 0 Å². The molecule has 5 atom stereocenters. The average molecular weight is 478 g/mol. The molecule has 0 radical (unpaired) electrons. The van der Waals surface area contributed by atoms with Crippen LogP contribution in [0.25, 0.3) is 0 Å². The topological polar surface area (TPSA) is 235 Å². The first-order chi connectivity index (χ1) is 15.0. The van der Waals surface area contributed by atoms with Gasteiger partial charge in [-0.3, -0.25) is 19.4 Å². The van der Waals surface area contributed by atoms with Crippen molar-refractivity contribution in [3.05, 3.63) is 0 Å². The van der Waals surface area contributed by atoms with Gasteiger partial charge in [-0.25, -0.2) is 4.79 Å². The van der Waals surface area contributed by atoms with E-state index in [1.807, 2.05) is 6.92 Å². The highest BCUT2D eigenvalue weighted by molar-refractivity contribution is 7.80. The van der Waals surface area contributed by atoms with Gasteiger partial charge in [-0.1, -0.05) is 20.3 Å². The summed E-state index contributed by atoms with van der Waals surface area (Å²) in [5.41, 5.74) is 16.3. The molecule has 13 nitrogen and oxygen atoms in total. The van der Waals surface area contributed by atoms with Crippen LogP contribution in [0.15, 0.2) is 4.99 Å². The lowest BCUT2D eigenvalue weighted by Gasteiger charge is -2.25. The molecule has 11 N–H and O–H groups in total. The highest BCUT2D eigenvalue weighted by Gasteiger charge is 2.30. The van der Waals surface area contributed by atoms with Crippen LogP contribution in [0.2, 0.25) is 0 Å². The van der Waals surface area contributed by atoms with Gasteiger partial charge in [0, 0.05) is 12.3 Å². The van der Waals surface area contributed by atoms with Crippen LogP contribution in [0.3, 0.4) is 0 Å². The number of aliphatic carboxylic acids is 1. The number of nitrogens with one attached hydrogen (secondary N) is 3. The van der Waals surface area contributed by atoms with Crippen LogP contribution in [0.5, 0.6) is 0 Å². The van der Waals surface area contributed by atoms with Crippen molar-refractivity contribution >= 4 is 42.3 Å². The second-order valence-corrected chi connectivity index (χ2v) is 7.61. The zero-order chi connectivity index (χ0) is 24.8. The molecule has 3 amide bonds. The fraction of sp³-hybridized carbons (Fsp3) is 0.722. The predicted octanol–water partition coefficient (Wildman–Crippen LogP) is -3.13. The molecule has 14 heteroatoms. The normalized spacial score (nSPS) is 15.4. The van der Waals surface area contributed by atoms with E-state index in [0.29, 0.717) is 6.42 Å². The van der Waals surface area contributed by atoms with Crippen molar-refractivity contribution in [1.29, 1.82) is 0 Å². The first-order valence-corrected chi connectivity index (χ1v) is 10.8. The van der Waals surface area contributed by atoms with Gasteiger partial charge in [-0.2, -0.15) is 12.6 Å². The smallest absolute Gasteiger partial charge is 0.327 e. The van der Waals surface area contributed by atoms with Crippen LogP contribution in [0, 0.1) is 5.92 Å². The monoisotopic (exact) mass is 477 g/mol. The Hall–Kier alpha value is -2.58. The largest absolute Gasteiger partial charge is 0.480 e. The van der Waals surface area contributed by atoms with E-state index in [4.69, 9.17) is 22.3 Å². The van der Waals surface area contributed by atoms with Gasteiger partial charge >= 0.3 is 5.97 Å². The Labute approximate surface area is 192 Å². The van der Waals surface area contributed by atoms with Crippen molar-refractivity contribution in [3.8, 4) is 0 Å². The molecule has 0 aliphatic rings.